The summed E-state index contributed by atoms with van der Waals surface area (Å²) in [6.45, 7) is 4.73. The van der Waals surface area contributed by atoms with Gasteiger partial charge < -0.3 is 14.5 Å². The molecule has 2 saturated heterocycles. The minimum atomic E-state index is -0.272. The average molecular weight is 287 g/mol. The van der Waals surface area contributed by atoms with Gasteiger partial charge >= 0.3 is 6.09 Å². The van der Waals surface area contributed by atoms with E-state index in [0.717, 1.165) is 24.6 Å². The summed E-state index contributed by atoms with van der Waals surface area (Å²) in [5.74, 6) is 1.85. The summed E-state index contributed by atoms with van der Waals surface area (Å²) in [6.07, 6.45) is 0.538. The Morgan fingerprint density at radius 1 is 1.26 bits per heavy atom. The second-order valence-electron chi connectivity index (χ2n) is 4.64. The van der Waals surface area contributed by atoms with Crippen molar-refractivity contribution in [3.63, 3.8) is 0 Å². The molecule has 0 spiro atoms. The van der Waals surface area contributed by atoms with Gasteiger partial charge in [0, 0.05) is 37.8 Å². The van der Waals surface area contributed by atoms with E-state index in [1.165, 1.54) is 0 Å². The van der Waals surface area contributed by atoms with Crippen molar-refractivity contribution < 1.29 is 14.3 Å². The molecule has 2 rings (SSSR count). The summed E-state index contributed by atoms with van der Waals surface area (Å²) >= 11 is 1.75. The van der Waals surface area contributed by atoms with Crippen molar-refractivity contribution in [2.75, 3.05) is 44.4 Å². The van der Waals surface area contributed by atoms with Crippen LogP contribution in [0.15, 0.2) is 0 Å². The first-order valence-electron chi connectivity index (χ1n) is 6.74. The Balaban J connectivity index is 1.85. The number of thioether (sulfide) groups is 1. The molecule has 7 heteroatoms. The molecule has 1 atom stereocenters. The Kier molecular flexibility index (Phi) is 5.33. The highest BCUT2D eigenvalue weighted by Crippen LogP contribution is 2.13. The van der Waals surface area contributed by atoms with Gasteiger partial charge in [-0.2, -0.15) is 0 Å². The van der Waals surface area contributed by atoms with Crippen LogP contribution in [0.25, 0.3) is 0 Å². The molecule has 2 amide bonds. The minimum absolute atomic E-state index is 0.0563. The van der Waals surface area contributed by atoms with E-state index < -0.39 is 0 Å². The molecule has 19 heavy (non-hydrogen) atoms. The second-order valence-corrected chi connectivity index (χ2v) is 5.67. The van der Waals surface area contributed by atoms with Crippen LogP contribution in [0.3, 0.4) is 0 Å². The van der Waals surface area contributed by atoms with E-state index in [1.54, 1.807) is 23.6 Å². The smallest absolute Gasteiger partial charge is 0.409 e. The van der Waals surface area contributed by atoms with E-state index in [1.807, 2.05) is 4.90 Å². The van der Waals surface area contributed by atoms with Crippen LogP contribution < -0.4 is 5.32 Å². The Hall–Kier alpha value is -0.950. The van der Waals surface area contributed by atoms with E-state index >= 15 is 0 Å². The lowest BCUT2D eigenvalue weighted by Crippen LogP contribution is -2.46. The molecular formula is C12H21N3O3S. The molecule has 2 heterocycles. The summed E-state index contributed by atoms with van der Waals surface area (Å²) in [7, 11) is 0. The first kappa shape index (κ1) is 14.5. The number of carbonyl (C=O) groups is 2. The number of ether oxygens (including phenoxy) is 1. The van der Waals surface area contributed by atoms with Crippen LogP contribution in [0.5, 0.6) is 0 Å². The predicted octanol–water partition coefficient (Wildman–Crippen LogP) is 0.340. The van der Waals surface area contributed by atoms with Crippen molar-refractivity contribution in [3.8, 4) is 0 Å². The van der Waals surface area contributed by atoms with Gasteiger partial charge in [-0.15, -0.1) is 11.8 Å². The second kappa shape index (κ2) is 7.00. The van der Waals surface area contributed by atoms with Crippen molar-refractivity contribution in [3.05, 3.63) is 0 Å². The van der Waals surface area contributed by atoms with Gasteiger partial charge in [-0.05, 0) is 13.3 Å². The third kappa shape index (κ3) is 3.76. The fraction of sp³-hybridized carbons (Fsp3) is 0.833. The number of nitrogens with one attached hydrogen (secondary N) is 1. The van der Waals surface area contributed by atoms with Crippen LogP contribution >= 0.6 is 11.8 Å². The number of amides is 2. The first-order valence-corrected chi connectivity index (χ1v) is 7.89. The molecule has 1 N–H and O–H groups in total. The normalized spacial score (nSPS) is 24.2. The zero-order chi connectivity index (χ0) is 13.7. The molecule has 1 unspecified atom stereocenters. The molecule has 0 aliphatic carbocycles. The zero-order valence-corrected chi connectivity index (χ0v) is 12.1. The molecule has 108 valence electrons. The Labute approximate surface area is 117 Å². The maximum atomic E-state index is 12.3. The maximum Gasteiger partial charge on any atom is 0.409 e. The fourth-order valence-corrected chi connectivity index (χ4v) is 3.24. The fourth-order valence-electron chi connectivity index (χ4n) is 2.31. The van der Waals surface area contributed by atoms with Crippen LogP contribution in [0.4, 0.5) is 4.79 Å². The van der Waals surface area contributed by atoms with E-state index in [2.05, 4.69) is 5.32 Å². The summed E-state index contributed by atoms with van der Waals surface area (Å²) in [5, 5.41) is 3.19. The molecule has 0 aromatic heterocycles. The molecule has 2 aliphatic heterocycles. The van der Waals surface area contributed by atoms with Crippen LogP contribution in [-0.4, -0.2) is 72.3 Å². The third-order valence-corrected chi connectivity index (χ3v) is 4.29. The van der Waals surface area contributed by atoms with Crippen LogP contribution in [0, 0.1) is 0 Å². The van der Waals surface area contributed by atoms with Crippen molar-refractivity contribution in [1.29, 1.82) is 0 Å². The molecule has 2 aliphatic rings. The van der Waals surface area contributed by atoms with Crippen LogP contribution in [-0.2, 0) is 9.53 Å². The first-order chi connectivity index (χ1) is 9.22. The highest BCUT2D eigenvalue weighted by atomic mass is 32.2. The third-order valence-electron chi connectivity index (χ3n) is 3.35. The van der Waals surface area contributed by atoms with Crippen molar-refractivity contribution in [2.45, 2.75) is 19.4 Å². The molecule has 0 bridgehead atoms. The topological polar surface area (TPSA) is 61.9 Å². The van der Waals surface area contributed by atoms with Gasteiger partial charge in [0.1, 0.15) is 0 Å². The lowest BCUT2D eigenvalue weighted by atomic mass is 10.2. The monoisotopic (exact) mass is 287 g/mol. The summed E-state index contributed by atoms with van der Waals surface area (Å²) in [6, 6.07) is -0.0563. The number of rotatable bonds is 2. The Morgan fingerprint density at radius 2 is 2.00 bits per heavy atom. The van der Waals surface area contributed by atoms with E-state index in [0.29, 0.717) is 26.2 Å². The van der Waals surface area contributed by atoms with E-state index in [9.17, 15) is 9.59 Å². The van der Waals surface area contributed by atoms with Gasteiger partial charge in [0.15, 0.2) is 0 Å². The van der Waals surface area contributed by atoms with Crippen LogP contribution in [0.2, 0.25) is 0 Å². The maximum absolute atomic E-state index is 12.3. The van der Waals surface area contributed by atoms with Gasteiger partial charge in [0.2, 0.25) is 5.91 Å². The van der Waals surface area contributed by atoms with E-state index in [-0.39, 0.29) is 18.0 Å². The van der Waals surface area contributed by atoms with Gasteiger partial charge in [-0.1, -0.05) is 0 Å². The highest BCUT2D eigenvalue weighted by molar-refractivity contribution is 7.99. The molecule has 2 fully saturated rings. The summed E-state index contributed by atoms with van der Waals surface area (Å²) < 4.78 is 5.00. The van der Waals surface area contributed by atoms with Gasteiger partial charge in [0.25, 0.3) is 0 Å². The Bertz CT molecular complexity index is 334. The SMILES string of the molecule is CCOC(=O)N1CCCN(C(=O)C2CSCN2)CC1. The number of hydrogen-bond acceptors (Lipinski definition) is 5. The largest absolute Gasteiger partial charge is 0.450 e. The van der Waals surface area contributed by atoms with Gasteiger partial charge in [0.05, 0.1) is 12.6 Å². The van der Waals surface area contributed by atoms with Crippen molar-refractivity contribution in [1.82, 2.24) is 15.1 Å². The highest BCUT2D eigenvalue weighted by Gasteiger charge is 2.29. The zero-order valence-electron chi connectivity index (χ0n) is 11.3. The number of carbonyl (C=O) groups excluding carboxylic acids is 2. The molecular weight excluding hydrogens is 266 g/mol. The van der Waals surface area contributed by atoms with Crippen molar-refractivity contribution in [2.24, 2.45) is 0 Å². The van der Waals surface area contributed by atoms with Gasteiger partial charge in [-0.25, -0.2) is 4.79 Å². The molecule has 0 aromatic rings. The molecule has 0 radical (unpaired) electrons. The lowest BCUT2D eigenvalue weighted by Gasteiger charge is -2.24. The predicted molar refractivity (Wildman–Crippen MR) is 74.0 cm³/mol. The Morgan fingerprint density at radius 3 is 2.68 bits per heavy atom. The lowest BCUT2D eigenvalue weighted by molar-refractivity contribution is -0.132. The number of nitrogens with zero attached hydrogens (tertiary/aromatic N) is 2. The number of hydrogen-bond donors (Lipinski definition) is 1. The quantitative estimate of drug-likeness (QED) is 0.793. The minimum Gasteiger partial charge on any atom is -0.450 e. The van der Waals surface area contributed by atoms with Gasteiger partial charge in [-0.3, -0.25) is 10.1 Å². The summed E-state index contributed by atoms with van der Waals surface area (Å²) in [4.78, 5) is 27.5. The average Bonchev–Trinajstić information content (AvgIpc) is 2.82. The molecule has 0 aromatic carbocycles. The van der Waals surface area contributed by atoms with E-state index in [4.69, 9.17) is 4.74 Å². The molecule has 6 nitrogen and oxygen atoms in total. The standard InChI is InChI=1S/C12H21N3O3S/c1-2-18-12(17)15-5-3-4-14(6-7-15)11(16)10-8-19-9-13-10/h10,13H,2-9H2,1H3. The molecule has 0 saturated carbocycles. The van der Waals surface area contributed by atoms with Crippen molar-refractivity contribution >= 4 is 23.8 Å². The van der Waals surface area contributed by atoms with Crippen LogP contribution in [0.1, 0.15) is 13.3 Å². The summed E-state index contributed by atoms with van der Waals surface area (Å²) in [5.41, 5.74) is 0.